The van der Waals surface area contributed by atoms with Crippen molar-refractivity contribution >= 4 is 11.7 Å². The fourth-order valence-electron chi connectivity index (χ4n) is 6.54. The van der Waals surface area contributed by atoms with Gasteiger partial charge in [0.2, 0.25) is 0 Å². The molecule has 0 unspecified atom stereocenters. The van der Waals surface area contributed by atoms with Crippen LogP contribution >= 0.6 is 0 Å². The number of amidine groups is 1. The van der Waals surface area contributed by atoms with Gasteiger partial charge in [-0.3, -0.25) is 21.9 Å². The van der Waals surface area contributed by atoms with Gasteiger partial charge in [0.05, 0.1) is 6.20 Å². The van der Waals surface area contributed by atoms with Gasteiger partial charge in [0, 0.05) is 24.6 Å². The molecule has 1 aromatic heterocycles. The average Bonchev–Trinajstić information content (AvgIpc) is 3.40. The van der Waals surface area contributed by atoms with Gasteiger partial charge >= 0.3 is 0 Å². The fourth-order valence-corrected chi connectivity index (χ4v) is 6.54. The topological polar surface area (TPSA) is 149 Å². The molecule has 0 bridgehead atoms. The molecule has 224 valence electrons. The van der Waals surface area contributed by atoms with Crippen LogP contribution in [-0.4, -0.2) is 27.3 Å². The molecule has 0 aliphatic heterocycles. The van der Waals surface area contributed by atoms with Crippen LogP contribution in [0, 0.1) is 10.8 Å². The van der Waals surface area contributed by atoms with Gasteiger partial charge in [-0.05, 0) is 71.4 Å². The van der Waals surface area contributed by atoms with Gasteiger partial charge in [0.25, 0.3) is 5.91 Å². The van der Waals surface area contributed by atoms with Gasteiger partial charge in [0.15, 0.2) is 0 Å². The molecule has 43 heavy (non-hydrogen) atoms. The number of hydrogen-bond donors (Lipinski definition) is 5. The number of carbonyl (C=O) groups is 1. The molecule has 4 aromatic rings. The largest absolute Gasteiger partial charge is 0.384 e. The van der Waals surface area contributed by atoms with E-state index in [4.69, 9.17) is 11.1 Å². The Morgan fingerprint density at radius 2 is 1.70 bits per heavy atom. The van der Waals surface area contributed by atoms with Crippen molar-refractivity contribution in [1.82, 2.24) is 14.9 Å². The van der Waals surface area contributed by atoms with Crippen molar-refractivity contribution in [3.05, 3.63) is 102 Å². The first kappa shape index (κ1) is 30.2. The summed E-state index contributed by atoms with van der Waals surface area (Å²) < 4.78 is 2.09. The van der Waals surface area contributed by atoms with E-state index in [9.17, 15) is 4.79 Å². The summed E-state index contributed by atoms with van der Waals surface area (Å²) in [6.45, 7) is 2.76. The molecule has 8 nitrogen and oxygen atoms in total. The summed E-state index contributed by atoms with van der Waals surface area (Å²) in [6, 6.07) is 24.9. The smallest absolute Gasteiger partial charge is 0.269 e. The fraction of sp³-hybridized carbons (Fsp3) is 0.343. The van der Waals surface area contributed by atoms with Crippen molar-refractivity contribution in [2.75, 3.05) is 0 Å². The van der Waals surface area contributed by atoms with Crippen LogP contribution in [-0.2, 0) is 13.0 Å². The summed E-state index contributed by atoms with van der Waals surface area (Å²) in [5.74, 6) is 8.99. The minimum absolute atomic E-state index is 0.0140. The monoisotopic (exact) mass is 577 g/mol. The minimum atomic E-state index is -0.0140. The van der Waals surface area contributed by atoms with Gasteiger partial charge < -0.3 is 15.6 Å². The number of imidazole rings is 1. The summed E-state index contributed by atoms with van der Waals surface area (Å²) in [4.78, 5) is 18.0. The first-order valence-corrected chi connectivity index (χ1v) is 15.3. The molecule has 0 atom stereocenters. The van der Waals surface area contributed by atoms with Gasteiger partial charge in [-0.1, -0.05) is 86.5 Å². The molecule has 2 fully saturated rings. The Morgan fingerprint density at radius 1 is 1.00 bits per heavy atom. The SMILES string of the molecule is CCCCc1ncc(C(=O)NC2CC3(CCC3)C2)n1Cc1ccc(-c2cc(-c3ccccc3)ccc2C(=N)N)cc1.NN. The van der Waals surface area contributed by atoms with Crippen molar-refractivity contribution in [2.24, 2.45) is 22.8 Å². The van der Waals surface area contributed by atoms with Crippen LogP contribution < -0.4 is 22.7 Å². The number of hydrazine groups is 1. The number of aryl methyl sites for hydroxylation is 1. The van der Waals surface area contributed by atoms with Gasteiger partial charge in [0.1, 0.15) is 17.4 Å². The lowest BCUT2D eigenvalue weighted by Gasteiger charge is -2.54. The second kappa shape index (κ2) is 13.4. The zero-order valence-electron chi connectivity index (χ0n) is 25.0. The van der Waals surface area contributed by atoms with Crippen LogP contribution in [0.1, 0.15) is 79.3 Å². The van der Waals surface area contributed by atoms with Crippen molar-refractivity contribution in [3.63, 3.8) is 0 Å². The quantitative estimate of drug-likeness (QED) is 0.0702. The number of rotatable bonds is 10. The Hall–Kier alpha value is -4.27. The second-order valence-corrected chi connectivity index (χ2v) is 11.9. The maximum atomic E-state index is 13.3. The molecular formula is C35H43N7O. The van der Waals surface area contributed by atoms with E-state index >= 15 is 0 Å². The van der Waals surface area contributed by atoms with Gasteiger partial charge in [-0.15, -0.1) is 0 Å². The van der Waals surface area contributed by atoms with Crippen LogP contribution in [0.25, 0.3) is 22.3 Å². The first-order chi connectivity index (χ1) is 20.9. The van der Waals surface area contributed by atoms with E-state index in [1.54, 1.807) is 6.20 Å². The number of unbranched alkanes of at least 4 members (excludes halogenated alkanes) is 1. The van der Waals surface area contributed by atoms with E-state index in [-0.39, 0.29) is 17.8 Å². The highest BCUT2D eigenvalue weighted by molar-refractivity contribution is 6.02. The summed E-state index contributed by atoms with van der Waals surface area (Å²) in [6.07, 6.45) is 10.9. The summed E-state index contributed by atoms with van der Waals surface area (Å²) in [5, 5.41) is 11.4. The maximum Gasteiger partial charge on any atom is 0.269 e. The van der Waals surface area contributed by atoms with Crippen LogP contribution in [0.5, 0.6) is 0 Å². The number of amides is 1. The lowest BCUT2D eigenvalue weighted by Crippen LogP contribution is -2.53. The van der Waals surface area contributed by atoms with E-state index in [0.29, 0.717) is 23.2 Å². The highest BCUT2D eigenvalue weighted by atomic mass is 16.2. The van der Waals surface area contributed by atoms with E-state index < -0.39 is 0 Å². The predicted molar refractivity (Wildman–Crippen MR) is 173 cm³/mol. The first-order valence-electron chi connectivity index (χ1n) is 15.3. The van der Waals surface area contributed by atoms with Crippen molar-refractivity contribution in [1.29, 1.82) is 5.41 Å². The molecule has 6 rings (SSSR count). The molecule has 1 heterocycles. The number of hydrogen-bond acceptors (Lipinski definition) is 5. The normalized spacial score (nSPS) is 15.1. The standard InChI is InChI=1S/C35H39N5O.H4N2/c1-2-3-10-32-38-22-31(34(41)39-28-20-35(21-28)17-7-18-35)40(32)23-24-11-13-26(14-12-24)30-19-27(15-16-29(30)33(36)37)25-8-5-4-6-9-25;1-2/h4-6,8-9,11-16,19,22,28H,2-3,7,10,17-18,20-21,23H2,1H3,(H3,36,37)(H,39,41);1-2H2. The van der Waals surface area contributed by atoms with Crippen LogP contribution in [0.15, 0.2) is 79.0 Å². The molecule has 3 aromatic carbocycles. The number of aromatic nitrogens is 2. The molecule has 1 spiro atoms. The number of nitrogens with zero attached hydrogens (tertiary/aromatic N) is 2. The zero-order valence-corrected chi connectivity index (χ0v) is 25.0. The van der Waals surface area contributed by atoms with Crippen molar-refractivity contribution < 1.29 is 4.79 Å². The summed E-state index contributed by atoms with van der Waals surface area (Å²) in [7, 11) is 0. The van der Waals surface area contributed by atoms with Crippen molar-refractivity contribution in [2.45, 2.75) is 70.9 Å². The third-order valence-corrected chi connectivity index (χ3v) is 9.06. The Labute approximate surface area is 254 Å². The van der Waals surface area contributed by atoms with Crippen LogP contribution in [0.4, 0.5) is 0 Å². The molecule has 0 saturated heterocycles. The van der Waals surface area contributed by atoms with E-state index in [0.717, 1.165) is 65.7 Å². The Balaban J connectivity index is 0.00000180. The lowest BCUT2D eigenvalue weighted by molar-refractivity contribution is -0.000757. The lowest BCUT2D eigenvalue weighted by atomic mass is 9.54. The Morgan fingerprint density at radius 3 is 2.33 bits per heavy atom. The third-order valence-electron chi connectivity index (χ3n) is 9.06. The molecule has 2 aliphatic rings. The molecule has 2 saturated carbocycles. The van der Waals surface area contributed by atoms with Crippen LogP contribution in [0.3, 0.4) is 0 Å². The molecule has 0 radical (unpaired) electrons. The molecule has 8 heteroatoms. The Kier molecular flexibility index (Phi) is 9.38. The summed E-state index contributed by atoms with van der Waals surface area (Å²) in [5.41, 5.74) is 13.1. The third kappa shape index (κ3) is 6.55. The highest BCUT2D eigenvalue weighted by Gasteiger charge is 2.48. The highest BCUT2D eigenvalue weighted by Crippen LogP contribution is 2.55. The average molecular weight is 578 g/mol. The molecule has 2 aliphatic carbocycles. The van der Waals surface area contributed by atoms with E-state index in [1.165, 1.54) is 19.3 Å². The number of carbonyl (C=O) groups excluding carboxylic acids is 1. The Bertz CT molecular complexity index is 1550. The minimum Gasteiger partial charge on any atom is -0.384 e. The van der Waals surface area contributed by atoms with Crippen molar-refractivity contribution in [3.8, 4) is 22.3 Å². The number of nitrogens with one attached hydrogen (secondary N) is 2. The number of nitrogen functional groups attached to an aromatic ring is 1. The van der Waals surface area contributed by atoms with Crippen LogP contribution in [0.2, 0.25) is 0 Å². The van der Waals surface area contributed by atoms with Gasteiger partial charge in [-0.2, -0.15) is 0 Å². The van der Waals surface area contributed by atoms with E-state index in [1.807, 2.05) is 30.3 Å². The maximum absolute atomic E-state index is 13.3. The number of benzene rings is 3. The molecule has 1 amide bonds. The molecular weight excluding hydrogens is 534 g/mol. The van der Waals surface area contributed by atoms with E-state index in [2.05, 4.69) is 75.9 Å². The van der Waals surface area contributed by atoms with Gasteiger partial charge in [-0.25, -0.2) is 4.98 Å². The number of nitrogens with two attached hydrogens (primary N) is 3. The zero-order chi connectivity index (χ0) is 30.4. The molecule has 8 N–H and O–H groups in total. The summed E-state index contributed by atoms with van der Waals surface area (Å²) >= 11 is 0. The second-order valence-electron chi connectivity index (χ2n) is 11.9. The predicted octanol–water partition coefficient (Wildman–Crippen LogP) is 5.77.